The molecule has 2 aliphatic heterocycles. The van der Waals surface area contributed by atoms with Gasteiger partial charge in [-0.1, -0.05) is 26.0 Å². The van der Waals surface area contributed by atoms with Gasteiger partial charge in [-0.25, -0.2) is 12.8 Å². The van der Waals surface area contributed by atoms with Gasteiger partial charge in [0.05, 0.1) is 30.3 Å². The molecule has 2 heterocycles. The fraction of sp³-hybridized carbons (Fsp3) is 0.632. The van der Waals surface area contributed by atoms with Gasteiger partial charge < -0.3 is 9.64 Å². The quantitative estimate of drug-likeness (QED) is 0.783. The van der Waals surface area contributed by atoms with E-state index in [1.165, 1.54) is 12.1 Å². The van der Waals surface area contributed by atoms with E-state index in [1.807, 2.05) is 0 Å². The van der Waals surface area contributed by atoms with E-state index in [0.29, 0.717) is 25.5 Å². The van der Waals surface area contributed by atoms with Crippen LogP contribution in [0, 0.1) is 11.7 Å². The second-order valence-electron chi connectivity index (χ2n) is 7.72. The fourth-order valence-corrected chi connectivity index (χ4v) is 5.86. The van der Waals surface area contributed by atoms with Crippen LogP contribution in [0.25, 0.3) is 0 Å². The number of amides is 1. The van der Waals surface area contributed by atoms with Crippen molar-refractivity contribution >= 4 is 15.7 Å². The van der Waals surface area contributed by atoms with Crippen molar-refractivity contribution in [1.29, 1.82) is 0 Å². The molecule has 1 aromatic rings. The van der Waals surface area contributed by atoms with E-state index in [9.17, 15) is 17.6 Å². The molecule has 1 amide bonds. The average Bonchev–Trinajstić information content (AvgIpc) is 2.88. The Bertz CT molecular complexity index is 747. The second-order valence-corrected chi connectivity index (χ2v) is 9.88. The van der Waals surface area contributed by atoms with Crippen molar-refractivity contribution in [2.45, 2.75) is 44.8 Å². The molecule has 7 heteroatoms. The Balaban J connectivity index is 1.75. The minimum atomic E-state index is -3.16. The van der Waals surface area contributed by atoms with Crippen LogP contribution in [0.3, 0.4) is 0 Å². The first-order valence-electron chi connectivity index (χ1n) is 9.12. The first-order valence-corrected chi connectivity index (χ1v) is 10.9. The Morgan fingerprint density at radius 2 is 1.96 bits per heavy atom. The number of nitrogens with zero attached hydrogens (tertiary/aromatic N) is 1. The lowest BCUT2D eigenvalue weighted by Gasteiger charge is -2.37. The monoisotopic (exact) mass is 383 g/mol. The number of ether oxygens (including phenoxy) is 1. The lowest BCUT2D eigenvalue weighted by atomic mass is 9.87. The molecule has 26 heavy (non-hydrogen) atoms. The van der Waals surface area contributed by atoms with Gasteiger partial charge in [0, 0.05) is 13.0 Å². The molecule has 3 atom stereocenters. The Morgan fingerprint density at radius 1 is 1.27 bits per heavy atom. The van der Waals surface area contributed by atoms with Gasteiger partial charge in [0.25, 0.3) is 0 Å². The number of hydrogen-bond donors (Lipinski definition) is 0. The highest BCUT2D eigenvalue weighted by Gasteiger charge is 2.45. The zero-order chi connectivity index (χ0) is 18.9. The zero-order valence-electron chi connectivity index (χ0n) is 15.2. The molecule has 2 fully saturated rings. The van der Waals surface area contributed by atoms with E-state index in [0.717, 1.165) is 12.0 Å². The van der Waals surface area contributed by atoms with Crippen LogP contribution in [0.1, 0.15) is 38.2 Å². The molecular formula is C19H26FNO4S. The Kier molecular flexibility index (Phi) is 5.67. The Labute approximate surface area is 154 Å². The molecule has 0 aliphatic carbocycles. The van der Waals surface area contributed by atoms with E-state index in [-0.39, 0.29) is 35.2 Å². The van der Waals surface area contributed by atoms with Crippen LogP contribution >= 0.6 is 0 Å². The summed E-state index contributed by atoms with van der Waals surface area (Å²) in [5, 5.41) is 0. The summed E-state index contributed by atoms with van der Waals surface area (Å²) >= 11 is 0. The van der Waals surface area contributed by atoms with Crippen LogP contribution in [0.2, 0.25) is 0 Å². The lowest BCUT2D eigenvalue weighted by Crippen LogP contribution is -2.53. The van der Waals surface area contributed by atoms with Crippen LogP contribution in [0.15, 0.2) is 24.3 Å². The molecule has 0 N–H and O–H groups in total. The highest BCUT2D eigenvalue weighted by atomic mass is 32.2. The number of benzene rings is 1. The third-order valence-corrected chi connectivity index (χ3v) is 6.86. The van der Waals surface area contributed by atoms with Crippen LogP contribution in [-0.4, -0.2) is 56.0 Å². The molecule has 2 aliphatic rings. The summed E-state index contributed by atoms with van der Waals surface area (Å²) in [6, 6.07) is 5.92. The molecule has 3 unspecified atom stereocenters. The molecule has 0 radical (unpaired) electrons. The number of fused-ring (bicyclic) bond motifs is 1. The van der Waals surface area contributed by atoms with Crippen LogP contribution in [0.5, 0.6) is 0 Å². The summed E-state index contributed by atoms with van der Waals surface area (Å²) < 4.78 is 42.7. The lowest BCUT2D eigenvalue weighted by molar-refractivity contribution is -0.143. The molecule has 0 saturated carbocycles. The molecule has 0 spiro atoms. The fourth-order valence-electron chi connectivity index (χ4n) is 3.99. The van der Waals surface area contributed by atoms with E-state index < -0.39 is 15.9 Å². The molecule has 3 rings (SSSR count). The number of halogens is 1. The predicted molar refractivity (Wildman–Crippen MR) is 97.1 cm³/mol. The maximum Gasteiger partial charge on any atom is 0.223 e. The van der Waals surface area contributed by atoms with Crippen molar-refractivity contribution in [1.82, 2.24) is 4.90 Å². The molecule has 144 valence electrons. The first kappa shape index (κ1) is 19.3. The van der Waals surface area contributed by atoms with E-state index in [1.54, 1.807) is 17.0 Å². The van der Waals surface area contributed by atoms with Gasteiger partial charge in [0.1, 0.15) is 5.82 Å². The second kappa shape index (κ2) is 7.64. The number of hydrogen-bond acceptors (Lipinski definition) is 4. The normalized spacial score (nSPS) is 25.9. The van der Waals surface area contributed by atoms with Gasteiger partial charge >= 0.3 is 0 Å². The van der Waals surface area contributed by atoms with Crippen LogP contribution in [0.4, 0.5) is 4.39 Å². The summed E-state index contributed by atoms with van der Waals surface area (Å²) in [5.41, 5.74) is 0.942. The molecule has 5 nitrogen and oxygen atoms in total. The van der Waals surface area contributed by atoms with E-state index in [4.69, 9.17) is 4.74 Å². The number of morpholine rings is 1. The smallest absolute Gasteiger partial charge is 0.223 e. The number of sulfone groups is 1. The highest BCUT2D eigenvalue weighted by Crippen LogP contribution is 2.31. The number of carbonyl (C=O) groups excluding carboxylic acids is 1. The molecule has 0 bridgehead atoms. The summed E-state index contributed by atoms with van der Waals surface area (Å²) in [6.45, 7) is 4.98. The van der Waals surface area contributed by atoms with Crippen molar-refractivity contribution < 1.29 is 22.3 Å². The topological polar surface area (TPSA) is 63.7 Å². The molecular weight excluding hydrogens is 357 g/mol. The van der Waals surface area contributed by atoms with Crippen molar-refractivity contribution in [3.05, 3.63) is 35.6 Å². The Morgan fingerprint density at radius 3 is 2.62 bits per heavy atom. The van der Waals surface area contributed by atoms with Gasteiger partial charge in [-0.2, -0.15) is 0 Å². The summed E-state index contributed by atoms with van der Waals surface area (Å²) in [6.07, 6.45) is 0.702. The summed E-state index contributed by atoms with van der Waals surface area (Å²) in [7, 11) is -3.16. The maximum atomic E-state index is 13.2. The number of rotatable bonds is 5. The van der Waals surface area contributed by atoms with E-state index in [2.05, 4.69) is 13.8 Å². The largest absolute Gasteiger partial charge is 0.373 e. The molecule has 0 aromatic heterocycles. The predicted octanol–water partition coefficient (Wildman–Crippen LogP) is 2.37. The van der Waals surface area contributed by atoms with Crippen molar-refractivity contribution in [2.24, 2.45) is 5.92 Å². The Hall–Kier alpha value is -1.47. The van der Waals surface area contributed by atoms with Crippen LogP contribution < -0.4 is 0 Å². The van der Waals surface area contributed by atoms with Crippen molar-refractivity contribution in [2.75, 3.05) is 24.7 Å². The molecule has 1 aromatic carbocycles. The van der Waals surface area contributed by atoms with Gasteiger partial charge in [-0.15, -0.1) is 0 Å². The third-order valence-electron chi connectivity index (χ3n) is 5.18. The SMILES string of the molecule is CC(C)CC(CC(=O)N1CCOC2CS(=O)(=O)CC21)c1ccc(F)cc1. The average molecular weight is 383 g/mol. The van der Waals surface area contributed by atoms with Crippen LogP contribution in [-0.2, 0) is 19.4 Å². The maximum absolute atomic E-state index is 13.2. The van der Waals surface area contributed by atoms with Crippen molar-refractivity contribution in [3.8, 4) is 0 Å². The summed E-state index contributed by atoms with van der Waals surface area (Å²) in [5.74, 6) is 0.0133. The van der Waals surface area contributed by atoms with Gasteiger partial charge in [0.2, 0.25) is 5.91 Å². The minimum absolute atomic E-state index is 0.00513. The highest BCUT2D eigenvalue weighted by molar-refractivity contribution is 7.91. The van der Waals surface area contributed by atoms with Crippen molar-refractivity contribution in [3.63, 3.8) is 0 Å². The summed E-state index contributed by atoms with van der Waals surface area (Å²) in [4.78, 5) is 14.7. The third kappa shape index (κ3) is 4.43. The van der Waals surface area contributed by atoms with Gasteiger partial charge in [-0.3, -0.25) is 4.79 Å². The zero-order valence-corrected chi connectivity index (χ0v) is 16.0. The van der Waals surface area contributed by atoms with Gasteiger partial charge in [0.15, 0.2) is 9.84 Å². The van der Waals surface area contributed by atoms with E-state index >= 15 is 0 Å². The minimum Gasteiger partial charge on any atom is -0.373 e. The van der Waals surface area contributed by atoms with Gasteiger partial charge in [-0.05, 0) is 36.0 Å². The standard InChI is InChI=1S/C19H26FNO4S/c1-13(2)9-15(14-3-5-16(20)6-4-14)10-19(22)21-7-8-25-18-12-26(23,24)11-17(18)21/h3-6,13,15,17-18H,7-12H2,1-2H3. The molecule has 2 saturated heterocycles. The number of carbonyl (C=O) groups is 1. The first-order chi connectivity index (χ1) is 12.2.